The second-order valence-electron chi connectivity index (χ2n) is 6.18. The Kier molecular flexibility index (Phi) is 6.74. The maximum absolute atomic E-state index is 12.4. The molecule has 1 aromatic carbocycles. The summed E-state index contributed by atoms with van der Waals surface area (Å²) in [5.74, 6) is 1.30. The number of carbonyl (C=O) groups is 1. The maximum Gasteiger partial charge on any atom is 0.272 e. The fraction of sp³-hybridized carbons (Fsp3) is 0.421. The Hall–Kier alpha value is -2.63. The molecule has 0 saturated heterocycles. The van der Waals surface area contributed by atoms with E-state index in [9.17, 15) is 4.79 Å². The summed E-state index contributed by atoms with van der Waals surface area (Å²) in [6.07, 6.45) is 3.56. The van der Waals surface area contributed by atoms with Gasteiger partial charge in [-0.2, -0.15) is 0 Å². The summed E-state index contributed by atoms with van der Waals surface area (Å²) in [7, 11) is 1.79. The number of unbranched alkanes of at least 4 members (excludes halogenated alkanes) is 1. The first kappa shape index (κ1) is 18.7. The van der Waals surface area contributed by atoms with E-state index in [1.54, 1.807) is 18.0 Å². The highest BCUT2D eigenvalue weighted by Gasteiger charge is 2.13. The number of nitrogens with zero attached hydrogens (tertiary/aromatic N) is 3. The van der Waals surface area contributed by atoms with Crippen LogP contribution in [0.1, 0.15) is 44.1 Å². The van der Waals surface area contributed by atoms with Gasteiger partial charge in [-0.25, -0.2) is 9.97 Å². The van der Waals surface area contributed by atoms with Crippen molar-refractivity contribution in [3.05, 3.63) is 42.4 Å². The van der Waals surface area contributed by atoms with Crippen molar-refractivity contribution in [2.24, 2.45) is 0 Å². The van der Waals surface area contributed by atoms with Crippen LogP contribution in [-0.2, 0) is 0 Å². The van der Waals surface area contributed by atoms with Gasteiger partial charge in [0.1, 0.15) is 23.6 Å². The lowest BCUT2D eigenvalue weighted by Crippen LogP contribution is -2.28. The Morgan fingerprint density at radius 1 is 1.24 bits per heavy atom. The minimum atomic E-state index is -0.0976. The molecule has 0 aliphatic carbocycles. The molecule has 0 saturated carbocycles. The van der Waals surface area contributed by atoms with Crippen LogP contribution in [-0.4, -0.2) is 40.5 Å². The zero-order valence-electron chi connectivity index (χ0n) is 15.3. The van der Waals surface area contributed by atoms with Crippen LogP contribution in [0.2, 0.25) is 0 Å². The molecule has 134 valence electrons. The SMILES string of the molecule is CCCCN(C)C(=O)c1cc(Nc2ccc(OC(C)C)cc2)ncn1. The highest BCUT2D eigenvalue weighted by atomic mass is 16.5. The van der Waals surface area contributed by atoms with Gasteiger partial charge in [0.2, 0.25) is 0 Å². The lowest BCUT2D eigenvalue weighted by atomic mass is 10.2. The van der Waals surface area contributed by atoms with Crippen molar-refractivity contribution in [2.75, 3.05) is 18.9 Å². The van der Waals surface area contributed by atoms with Crippen molar-refractivity contribution in [3.8, 4) is 5.75 Å². The van der Waals surface area contributed by atoms with Crippen LogP contribution in [0.5, 0.6) is 5.75 Å². The number of nitrogens with one attached hydrogen (secondary N) is 1. The quantitative estimate of drug-likeness (QED) is 0.788. The highest BCUT2D eigenvalue weighted by Crippen LogP contribution is 2.20. The first-order valence-corrected chi connectivity index (χ1v) is 8.61. The van der Waals surface area contributed by atoms with Gasteiger partial charge >= 0.3 is 0 Å². The Bertz CT molecular complexity index is 686. The molecule has 1 amide bonds. The molecule has 0 spiro atoms. The van der Waals surface area contributed by atoms with Crippen molar-refractivity contribution in [3.63, 3.8) is 0 Å². The third-order valence-electron chi connectivity index (χ3n) is 3.58. The van der Waals surface area contributed by atoms with Gasteiger partial charge < -0.3 is 15.0 Å². The summed E-state index contributed by atoms with van der Waals surface area (Å²) in [6, 6.07) is 9.29. The van der Waals surface area contributed by atoms with Gasteiger partial charge in [-0.1, -0.05) is 13.3 Å². The van der Waals surface area contributed by atoms with Crippen LogP contribution in [0.3, 0.4) is 0 Å². The third-order valence-corrected chi connectivity index (χ3v) is 3.58. The number of amides is 1. The van der Waals surface area contributed by atoms with Crippen molar-refractivity contribution >= 4 is 17.4 Å². The monoisotopic (exact) mass is 342 g/mol. The predicted molar refractivity (Wildman–Crippen MR) is 99.4 cm³/mol. The molecule has 6 heteroatoms. The van der Waals surface area contributed by atoms with E-state index in [-0.39, 0.29) is 12.0 Å². The summed E-state index contributed by atoms with van der Waals surface area (Å²) in [5.41, 5.74) is 1.25. The second-order valence-corrected chi connectivity index (χ2v) is 6.18. The molecule has 0 bridgehead atoms. The molecule has 0 atom stereocenters. The van der Waals surface area contributed by atoms with Gasteiger partial charge in [0.05, 0.1) is 6.10 Å². The Balaban J connectivity index is 2.04. The van der Waals surface area contributed by atoms with Crippen LogP contribution in [0.4, 0.5) is 11.5 Å². The maximum atomic E-state index is 12.4. The summed E-state index contributed by atoms with van der Waals surface area (Å²) >= 11 is 0. The summed E-state index contributed by atoms with van der Waals surface area (Å²) < 4.78 is 5.62. The number of ether oxygens (including phenoxy) is 1. The molecular formula is C19H26N4O2. The summed E-state index contributed by atoms with van der Waals surface area (Å²) in [6.45, 7) is 6.80. The molecule has 1 aromatic heterocycles. The molecule has 6 nitrogen and oxygen atoms in total. The number of anilines is 2. The zero-order chi connectivity index (χ0) is 18.2. The van der Waals surface area contributed by atoms with E-state index >= 15 is 0 Å². The van der Waals surface area contributed by atoms with Crippen LogP contribution >= 0.6 is 0 Å². The smallest absolute Gasteiger partial charge is 0.272 e. The fourth-order valence-electron chi connectivity index (χ4n) is 2.27. The standard InChI is InChI=1S/C19H26N4O2/c1-5-6-11-23(4)19(24)17-12-18(21-13-20-17)22-15-7-9-16(10-8-15)25-14(2)3/h7-10,12-14H,5-6,11H2,1-4H3,(H,20,21,22). The number of rotatable bonds is 8. The number of benzene rings is 1. The first-order chi connectivity index (χ1) is 12.0. The molecule has 0 aliphatic rings. The number of aromatic nitrogens is 2. The molecule has 0 unspecified atom stereocenters. The summed E-state index contributed by atoms with van der Waals surface area (Å²) in [4.78, 5) is 22.4. The molecule has 1 heterocycles. The lowest BCUT2D eigenvalue weighted by molar-refractivity contribution is 0.0787. The van der Waals surface area contributed by atoms with Gasteiger partial charge in [0, 0.05) is 25.3 Å². The number of carbonyl (C=O) groups excluding carboxylic acids is 1. The third kappa shape index (κ3) is 5.74. The van der Waals surface area contributed by atoms with E-state index in [0.717, 1.165) is 30.8 Å². The van der Waals surface area contributed by atoms with Gasteiger partial charge in [-0.05, 0) is 44.5 Å². The predicted octanol–water partition coefficient (Wildman–Crippen LogP) is 3.88. The minimum absolute atomic E-state index is 0.0976. The largest absolute Gasteiger partial charge is 0.491 e. The van der Waals surface area contributed by atoms with E-state index < -0.39 is 0 Å². The first-order valence-electron chi connectivity index (χ1n) is 8.61. The van der Waals surface area contributed by atoms with Gasteiger partial charge in [0.15, 0.2) is 0 Å². The molecule has 2 rings (SSSR count). The Morgan fingerprint density at radius 3 is 2.60 bits per heavy atom. The molecule has 2 aromatic rings. The fourth-order valence-corrected chi connectivity index (χ4v) is 2.27. The van der Waals surface area contributed by atoms with Crippen molar-refractivity contribution < 1.29 is 9.53 Å². The van der Waals surface area contributed by atoms with Crippen LogP contribution in [0, 0.1) is 0 Å². The minimum Gasteiger partial charge on any atom is -0.491 e. The summed E-state index contributed by atoms with van der Waals surface area (Å²) in [5, 5.41) is 3.18. The van der Waals surface area contributed by atoms with E-state index in [2.05, 4.69) is 22.2 Å². The van der Waals surface area contributed by atoms with Crippen molar-refractivity contribution in [1.29, 1.82) is 0 Å². The van der Waals surface area contributed by atoms with E-state index in [1.165, 1.54) is 6.33 Å². The van der Waals surface area contributed by atoms with Crippen molar-refractivity contribution in [1.82, 2.24) is 14.9 Å². The lowest BCUT2D eigenvalue weighted by Gasteiger charge is -2.16. The van der Waals surface area contributed by atoms with Crippen LogP contribution < -0.4 is 10.1 Å². The average molecular weight is 342 g/mol. The van der Waals surface area contributed by atoms with Crippen LogP contribution in [0.15, 0.2) is 36.7 Å². The highest BCUT2D eigenvalue weighted by molar-refractivity contribution is 5.92. The molecular weight excluding hydrogens is 316 g/mol. The molecule has 25 heavy (non-hydrogen) atoms. The Labute approximate surface area is 149 Å². The zero-order valence-corrected chi connectivity index (χ0v) is 15.3. The number of hydrogen-bond acceptors (Lipinski definition) is 5. The van der Waals surface area contributed by atoms with E-state index in [0.29, 0.717) is 11.5 Å². The van der Waals surface area contributed by atoms with Gasteiger partial charge in [-0.15, -0.1) is 0 Å². The number of hydrogen-bond donors (Lipinski definition) is 1. The second kappa shape index (κ2) is 9.01. The van der Waals surface area contributed by atoms with Gasteiger partial charge in [-0.3, -0.25) is 4.79 Å². The molecule has 0 fully saturated rings. The molecule has 1 N–H and O–H groups in total. The topological polar surface area (TPSA) is 67.4 Å². The van der Waals surface area contributed by atoms with E-state index in [4.69, 9.17) is 4.74 Å². The van der Waals surface area contributed by atoms with E-state index in [1.807, 2.05) is 38.1 Å². The van der Waals surface area contributed by atoms with Crippen molar-refractivity contribution in [2.45, 2.75) is 39.7 Å². The van der Waals surface area contributed by atoms with Gasteiger partial charge in [0.25, 0.3) is 5.91 Å². The normalized spacial score (nSPS) is 10.6. The molecule has 0 aliphatic heterocycles. The molecule has 0 radical (unpaired) electrons. The average Bonchev–Trinajstić information content (AvgIpc) is 2.60. The van der Waals surface area contributed by atoms with Crippen LogP contribution in [0.25, 0.3) is 0 Å². The Morgan fingerprint density at radius 2 is 1.96 bits per heavy atom.